The lowest BCUT2D eigenvalue weighted by atomic mass is 10.0. The van der Waals surface area contributed by atoms with Crippen molar-refractivity contribution in [2.75, 3.05) is 0 Å². The van der Waals surface area contributed by atoms with E-state index in [9.17, 15) is 14.0 Å². The Morgan fingerprint density at radius 2 is 2.08 bits per heavy atom. The maximum atomic E-state index is 12.7. The third-order valence-electron chi connectivity index (χ3n) is 1.76. The molecule has 0 spiro atoms. The number of rotatable bonds is 4. The summed E-state index contributed by atoms with van der Waals surface area (Å²) in [7, 11) is 0. The molecule has 0 N–H and O–H groups in total. The first-order chi connectivity index (χ1) is 6.27. The van der Waals surface area contributed by atoms with Crippen molar-refractivity contribution in [3.63, 3.8) is 0 Å². The average Bonchev–Trinajstić information content (AvgIpc) is 2.15. The third kappa shape index (κ3) is 2.47. The predicted octanol–water partition coefficient (Wildman–Crippen LogP) is 1.77. The van der Waals surface area contributed by atoms with Crippen LogP contribution in [-0.4, -0.2) is 12.6 Å². The molecule has 0 heterocycles. The monoisotopic (exact) mass is 180 g/mol. The molecule has 1 rings (SSSR count). The number of aryl methyl sites for hydroxylation is 1. The highest BCUT2D eigenvalue weighted by Gasteiger charge is 2.02. The van der Waals surface area contributed by atoms with Gasteiger partial charge in [-0.15, -0.1) is 0 Å². The standard InChI is InChI=1S/C10H9FO2/c11-10-4-3-9(7-13)8(6-10)2-1-5-12/h3-7H,1-2H2. The van der Waals surface area contributed by atoms with Gasteiger partial charge in [0.05, 0.1) is 0 Å². The molecule has 0 saturated heterocycles. The van der Waals surface area contributed by atoms with Gasteiger partial charge in [0.15, 0.2) is 0 Å². The first-order valence-corrected chi connectivity index (χ1v) is 3.95. The van der Waals surface area contributed by atoms with Crippen LogP contribution in [0.1, 0.15) is 22.3 Å². The van der Waals surface area contributed by atoms with Gasteiger partial charge in [0.25, 0.3) is 0 Å². The zero-order chi connectivity index (χ0) is 9.68. The normalized spacial score (nSPS) is 9.62. The molecular formula is C10H9FO2. The molecule has 0 atom stereocenters. The fourth-order valence-electron chi connectivity index (χ4n) is 1.12. The lowest BCUT2D eigenvalue weighted by molar-refractivity contribution is -0.107. The van der Waals surface area contributed by atoms with Gasteiger partial charge < -0.3 is 4.79 Å². The third-order valence-corrected chi connectivity index (χ3v) is 1.76. The van der Waals surface area contributed by atoms with E-state index in [4.69, 9.17) is 0 Å². The van der Waals surface area contributed by atoms with Gasteiger partial charge >= 0.3 is 0 Å². The van der Waals surface area contributed by atoms with E-state index in [0.717, 1.165) is 6.29 Å². The molecule has 0 radical (unpaired) electrons. The molecule has 3 heteroatoms. The summed E-state index contributed by atoms with van der Waals surface area (Å²) in [6.07, 6.45) is 2.14. The van der Waals surface area contributed by atoms with Crippen LogP contribution < -0.4 is 0 Å². The van der Waals surface area contributed by atoms with Gasteiger partial charge in [0.2, 0.25) is 0 Å². The van der Waals surface area contributed by atoms with Crippen molar-refractivity contribution in [3.8, 4) is 0 Å². The largest absolute Gasteiger partial charge is 0.303 e. The van der Waals surface area contributed by atoms with Gasteiger partial charge in [-0.2, -0.15) is 0 Å². The fourth-order valence-corrected chi connectivity index (χ4v) is 1.12. The summed E-state index contributed by atoms with van der Waals surface area (Å²) in [4.78, 5) is 20.6. The Bertz CT molecular complexity index is 321. The lowest BCUT2D eigenvalue weighted by Gasteiger charge is -2.01. The first-order valence-electron chi connectivity index (χ1n) is 3.95. The summed E-state index contributed by atoms with van der Waals surface area (Å²) >= 11 is 0. The van der Waals surface area contributed by atoms with Crippen LogP contribution in [0, 0.1) is 5.82 Å². The number of benzene rings is 1. The van der Waals surface area contributed by atoms with E-state index >= 15 is 0 Å². The van der Waals surface area contributed by atoms with Crippen LogP contribution in [0.3, 0.4) is 0 Å². The Hall–Kier alpha value is -1.51. The minimum Gasteiger partial charge on any atom is -0.303 e. The van der Waals surface area contributed by atoms with E-state index in [1.54, 1.807) is 0 Å². The van der Waals surface area contributed by atoms with Crippen molar-refractivity contribution in [3.05, 3.63) is 35.1 Å². The molecule has 0 aliphatic heterocycles. The van der Waals surface area contributed by atoms with Gasteiger partial charge in [-0.3, -0.25) is 4.79 Å². The number of carbonyl (C=O) groups excluding carboxylic acids is 2. The summed E-state index contributed by atoms with van der Waals surface area (Å²) < 4.78 is 12.7. The van der Waals surface area contributed by atoms with Crippen LogP contribution in [0.4, 0.5) is 4.39 Å². The van der Waals surface area contributed by atoms with E-state index in [1.807, 2.05) is 0 Å². The molecule has 0 aliphatic carbocycles. The van der Waals surface area contributed by atoms with Crippen LogP contribution in [0.2, 0.25) is 0 Å². The second kappa shape index (κ2) is 4.50. The van der Waals surface area contributed by atoms with E-state index in [2.05, 4.69) is 0 Å². The average molecular weight is 180 g/mol. The zero-order valence-corrected chi connectivity index (χ0v) is 7.00. The van der Waals surface area contributed by atoms with Crippen molar-refractivity contribution in [1.82, 2.24) is 0 Å². The van der Waals surface area contributed by atoms with Crippen LogP contribution in [-0.2, 0) is 11.2 Å². The zero-order valence-electron chi connectivity index (χ0n) is 7.00. The van der Waals surface area contributed by atoms with Crippen LogP contribution in [0.15, 0.2) is 18.2 Å². The van der Waals surface area contributed by atoms with E-state index in [1.165, 1.54) is 18.2 Å². The maximum Gasteiger partial charge on any atom is 0.150 e. The van der Waals surface area contributed by atoms with Gasteiger partial charge in [0, 0.05) is 12.0 Å². The van der Waals surface area contributed by atoms with Gasteiger partial charge in [-0.1, -0.05) is 0 Å². The summed E-state index contributed by atoms with van der Waals surface area (Å²) in [5.74, 6) is -0.383. The summed E-state index contributed by atoms with van der Waals surface area (Å²) in [5.41, 5.74) is 1.03. The Balaban J connectivity index is 2.93. The van der Waals surface area contributed by atoms with E-state index in [0.29, 0.717) is 30.3 Å². The molecule has 0 aromatic heterocycles. The fraction of sp³-hybridized carbons (Fsp3) is 0.200. The highest BCUT2D eigenvalue weighted by atomic mass is 19.1. The molecule has 0 fully saturated rings. The number of hydrogen-bond acceptors (Lipinski definition) is 2. The smallest absolute Gasteiger partial charge is 0.150 e. The van der Waals surface area contributed by atoms with Crippen LogP contribution >= 0.6 is 0 Å². The predicted molar refractivity (Wildman–Crippen MR) is 46.2 cm³/mol. The van der Waals surface area contributed by atoms with Gasteiger partial charge in [-0.25, -0.2) is 4.39 Å². The Morgan fingerprint density at radius 1 is 1.31 bits per heavy atom. The number of carbonyl (C=O) groups is 2. The van der Waals surface area contributed by atoms with Crippen molar-refractivity contribution in [2.24, 2.45) is 0 Å². The number of hydrogen-bond donors (Lipinski definition) is 0. The molecule has 1 aromatic carbocycles. The molecule has 0 unspecified atom stereocenters. The topological polar surface area (TPSA) is 34.1 Å². The Kier molecular flexibility index (Phi) is 3.31. The molecule has 13 heavy (non-hydrogen) atoms. The molecule has 1 aromatic rings. The molecular weight excluding hydrogens is 171 g/mol. The first kappa shape index (κ1) is 9.58. The highest BCUT2D eigenvalue weighted by Crippen LogP contribution is 2.10. The van der Waals surface area contributed by atoms with E-state index < -0.39 is 0 Å². The molecule has 68 valence electrons. The number of aldehydes is 2. The number of halogens is 1. The summed E-state index contributed by atoms with van der Waals surface area (Å²) in [5, 5.41) is 0. The van der Waals surface area contributed by atoms with Crippen molar-refractivity contribution < 1.29 is 14.0 Å². The second-order valence-electron chi connectivity index (χ2n) is 2.67. The lowest BCUT2D eigenvalue weighted by Crippen LogP contribution is -1.94. The molecule has 0 aliphatic rings. The van der Waals surface area contributed by atoms with E-state index in [-0.39, 0.29) is 5.82 Å². The Morgan fingerprint density at radius 3 is 2.69 bits per heavy atom. The van der Waals surface area contributed by atoms with Gasteiger partial charge in [-0.05, 0) is 30.2 Å². The quantitative estimate of drug-likeness (QED) is 0.662. The molecule has 0 saturated carbocycles. The molecule has 0 amide bonds. The highest BCUT2D eigenvalue weighted by molar-refractivity contribution is 5.77. The van der Waals surface area contributed by atoms with Crippen molar-refractivity contribution in [2.45, 2.75) is 12.8 Å². The summed E-state index contributed by atoms with van der Waals surface area (Å²) in [6, 6.07) is 3.93. The molecule has 2 nitrogen and oxygen atoms in total. The second-order valence-corrected chi connectivity index (χ2v) is 2.67. The minimum atomic E-state index is -0.383. The SMILES string of the molecule is O=CCCc1cc(F)ccc1C=O. The summed E-state index contributed by atoms with van der Waals surface area (Å²) in [6.45, 7) is 0. The minimum absolute atomic E-state index is 0.310. The van der Waals surface area contributed by atoms with Crippen molar-refractivity contribution >= 4 is 12.6 Å². The molecule has 0 bridgehead atoms. The van der Waals surface area contributed by atoms with Gasteiger partial charge in [0.1, 0.15) is 18.4 Å². The Labute approximate surface area is 75.4 Å². The van der Waals surface area contributed by atoms with Crippen molar-refractivity contribution in [1.29, 1.82) is 0 Å². The van der Waals surface area contributed by atoms with Crippen LogP contribution in [0.25, 0.3) is 0 Å². The van der Waals surface area contributed by atoms with Crippen LogP contribution in [0.5, 0.6) is 0 Å². The maximum absolute atomic E-state index is 12.7.